The first-order chi connectivity index (χ1) is 7.53. The Labute approximate surface area is 120 Å². The van der Waals surface area contributed by atoms with Crippen molar-refractivity contribution in [2.45, 2.75) is 31.2 Å². The number of benzene rings is 1. The molecular formula is C10H12BrCl2NO2S. The lowest BCUT2D eigenvalue weighted by Gasteiger charge is -2.20. The van der Waals surface area contributed by atoms with Gasteiger partial charge in [0, 0.05) is 10.0 Å². The number of nitrogens with one attached hydrogen (secondary N) is 1. The minimum atomic E-state index is -3.60. The second-order valence-electron chi connectivity index (χ2n) is 4.56. The standard InChI is InChI=1S/C10H12BrCl2NO2S/c1-10(2,3)14-17(15,16)6-4-7(11)9(13)8(12)5-6/h4-5,14H,1-3H3. The smallest absolute Gasteiger partial charge is 0.207 e. The highest BCUT2D eigenvalue weighted by Gasteiger charge is 2.23. The molecule has 7 heteroatoms. The van der Waals surface area contributed by atoms with Crippen molar-refractivity contribution in [2.24, 2.45) is 0 Å². The molecule has 1 aromatic rings. The summed E-state index contributed by atoms with van der Waals surface area (Å²) in [5.74, 6) is 0. The van der Waals surface area contributed by atoms with Crippen molar-refractivity contribution in [3.63, 3.8) is 0 Å². The van der Waals surface area contributed by atoms with E-state index in [0.29, 0.717) is 9.50 Å². The predicted molar refractivity (Wildman–Crippen MR) is 74.2 cm³/mol. The number of sulfonamides is 1. The van der Waals surface area contributed by atoms with E-state index in [4.69, 9.17) is 23.2 Å². The predicted octanol–water partition coefficient (Wildman–Crippen LogP) is 3.83. The van der Waals surface area contributed by atoms with Gasteiger partial charge in [-0.25, -0.2) is 13.1 Å². The Bertz CT molecular complexity index is 515. The highest BCUT2D eigenvalue weighted by molar-refractivity contribution is 9.10. The highest BCUT2D eigenvalue weighted by Crippen LogP contribution is 2.33. The van der Waals surface area contributed by atoms with E-state index < -0.39 is 15.6 Å². The largest absolute Gasteiger partial charge is 0.241 e. The van der Waals surface area contributed by atoms with Gasteiger partial charge in [-0.05, 0) is 48.8 Å². The fourth-order valence-corrected chi connectivity index (χ4v) is 3.74. The van der Waals surface area contributed by atoms with Gasteiger partial charge >= 0.3 is 0 Å². The van der Waals surface area contributed by atoms with Crippen LogP contribution in [0.25, 0.3) is 0 Å². The van der Waals surface area contributed by atoms with E-state index in [2.05, 4.69) is 20.7 Å². The molecule has 0 radical (unpaired) electrons. The minimum absolute atomic E-state index is 0.0775. The molecule has 0 heterocycles. The highest BCUT2D eigenvalue weighted by atomic mass is 79.9. The van der Waals surface area contributed by atoms with Crippen molar-refractivity contribution in [1.82, 2.24) is 4.72 Å². The van der Waals surface area contributed by atoms with Crippen LogP contribution in [0, 0.1) is 0 Å². The van der Waals surface area contributed by atoms with Crippen LogP contribution in [0.5, 0.6) is 0 Å². The summed E-state index contributed by atoms with van der Waals surface area (Å²) >= 11 is 14.8. The van der Waals surface area contributed by atoms with Crippen molar-refractivity contribution in [2.75, 3.05) is 0 Å². The van der Waals surface area contributed by atoms with Crippen LogP contribution in [-0.4, -0.2) is 14.0 Å². The summed E-state index contributed by atoms with van der Waals surface area (Å²) in [5.41, 5.74) is -0.558. The van der Waals surface area contributed by atoms with Crippen LogP contribution in [0.3, 0.4) is 0 Å². The van der Waals surface area contributed by atoms with Crippen LogP contribution in [0.15, 0.2) is 21.5 Å². The summed E-state index contributed by atoms with van der Waals surface area (Å²) < 4.78 is 27.0. The van der Waals surface area contributed by atoms with Crippen LogP contribution in [0.1, 0.15) is 20.8 Å². The van der Waals surface area contributed by atoms with Crippen molar-refractivity contribution in [1.29, 1.82) is 0 Å². The van der Waals surface area contributed by atoms with Gasteiger partial charge in [0.2, 0.25) is 10.0 Å². The van der Waals surface area contributed by atoms with Crippen molar-refractivity contribution >= 4 is 49.2 Å². The van der Waals surface area contributed by atoms with E-state index in [9.17, 15) is 8.42 Å². The molecule has 0 bridgehead atoms. The lowest BCUT2D eigenvalue weighted by molar-refractivity contribution is 0.491. The number of hydrogen-bond acceptors (Lipinski definition) is 2. The molecule has 0 aliphatic heterocycles. The summed E-state index contributed by atoms with van der Waals surface area (Å²) in [4.78, 5) is 0.0775. The average Bonchev–Trinajstić information content (AvgIpc) is 2.09. The van der Waals surface area contributed by atoms with Crippen LogP contribution >= 0.6 is 39.1 Å². The van der Waals surface area contributed by atoms with Crippen LogP contribution in [-0.2, 0) is 10.0 Å². The van der Waals surface area contributed by atoms with E-state index in [-0.39, 0.29) is 9.92 Å². The third-order valence-corrected chi connectivity index (χ3v) is 5.10. The first-order valence-corrected chi connectivity index (χ1v) is 7.75. The van der Waals surface area contributed by atoms with E-state index in [1.807, 2.05) is 0 Å². The van der Waals surface area contributed by atoms with E-state index >= 15 is 0 Å². The Morgan fingerprint density at radius 1 is 1.24 bits per heavy atom. The molecule has 0 spiro atoms. The quantitative estimate of drug-likeness (QED) is 0.814. The van der Waals surface area contributed by atoms with Crippen LogP contribution < -0.4 is 4.72 Å². The van der Waals surface area contributed by atoms with Gasteiger partial charge < -0.3 is 0 Å². The third kappa shape index (κ3) is 4.10. The van der Waals surface area contributed by atoms with Crippen molar-refractivity contribution in [3.8, 4) is 0 Å². The Morgan fingerprint density at radius 3 is 2.18 bits per heavy atom. The SMILES string of the molecule is CC(C)(C)NS(=O)(=O)c1cc(Cl)c(Cl)c(Br)c1. The molecule has 0 saturated heterocycles. The summed E-state index contributed by atoms with van der Waals surface area (Å²) in [5, 5.41) is 0.483. The normalized spacial score (nSPS) is 12.8. The van der Waals surface area contributed by atoms with E-state index in [0.717, 1.165) is 0 Å². The molecule has 0 atom stereocenters. The summed E-state index contributed by atoms with van der Waals surface area (Å²) in [7, 11) is -3.60. The lowest BCUT2D eigenvalue weighted by atomic mass is 10.1. The monoisotopic (exact) mass is 359 g/mol. The Hall–Kier alpha value is 0.190. The second-order valence-corrected chi connectivity index (χ2v) is 7.88. The number of hydrogen-bond donors (Lipinski definition) is 1. The summed E-state index contributed by atoms with van der Waals surface area (Å²) in [6.07, 6.45) is 0. The number of rotatable bonds is 2. The topological polar surface area (TPSA) is 46.2 Å². The molecule has 0 aliphatic carbocycles. The molecule has 1 aromatic carbocycles. The maximum atomic E-state index is 12.0. The zero-order chi connectivity index (χ0) is 13.4. The lowest BCUT2D eigenvalue weighted by Crippen LogP contribution is -2.40. The maximum Gasteiger partial charge on any atom is 0.241 e. The van der Waals surface area contributed by atoms with E-state index in [1.165, 1.54) is 12.1 Å². The van der Waals surface area contributed by atoms with E-state index in [1.54, 1.807) is 20.8 Å². The minimum Gasteiger partial charge on any atom is -0.207 e. The van der Waals surface area contributed by atoms with Gasteiger partial charge in [0.05, 0.1) is 14.9 Å². The Kier molecular flexibility index (Phi) is 4.53. The molecule has 0 amide bonds. The van der Waals surface area contributed by atoms with Crippen LogP contribution in [0.2, 0.25) is 10.0 Å². The molecular weight excluding hydrogens is 349 g/mol. The van der Waals surface area contributed by atoms with Crippen LogP contribution in [0.4, 0.5) is 0 Å². The molecule has 0 aliphatic rings. The zero-order valence-corrected chi connectivity index (χ0v) is 13.4. The molecule has 0 unspecified atom stereocenters. The third-order valence-electron chi connectivity index (χ3n) is 1.71. The first-order valence-electron chi connectivity index (χ1n) is 4.71. The fraction of sp³-hybridized carbons (Fsp3) is 0.400. The van der Waals surface area contributed by atoms with Gasteiger partial charge in [0.1, 0.15) is 0 Å². The summed E-state index contributed by atoms with van der Waals surface area (Å²) in [6, 6.07) is 2.74. The molecule has 1 N–H and O–H groups in total. The first kappa shape index (κ1) is 15.2. The van der Waals surface area contributed by atoms with Gasteiger partial charge in [-0.1, -0.05) is 23.2 Å². The van der Waals surface area contributed by atoms with Crippen molar-refractivity contribution < 1.29 is 8.42 Å². The molecule has 0 aromatic heterocycles. The average molecular weight is 361 g/mol. The number of halogens is 3. The summed E-state index contributed by atoms with van der Waals surface area (Å²) in [6.45, 7) is 5.28. The molecule has 96 valence electrons. The molecule has 1 rings (SSSR count). The van der Waals surface area contributed by atoms with Gasteiger partial charge in [-0.3, -0.25) is 0 Å². The van der Waals surface area contributed by atoms with Gasteiger partial charge in [0.15, 0.2) is 0 Å². The molecule has 3 nitrogen and oxygen atoms in total. The Balaban J connectivity index is 3.26. The second kappa shape index (κ2) is 5.05. The molecule has 0 fully saturated rings. The van der Waals surface area contributed by atoms with Gasteiger partial charge in [0.25, 0.3) is 0 Å². The van der Waals surface area contributed by atoms with Crippen molar-refractivity contribution in [3.05, 3.63) is 26.7 Å². The molecule has 17 heavy (non-hydrogen) atoms. The maximum absolute atomic E-state index is 12.0. The molecule has 0 saturated carbocycles. The Morgan fingerprint density at radius 2 is 1.76 bits per heavy atom. The van der Waals surface area contributed by atoms with Gasteiger partial charge in [-0.2, -0.15) is 0 Å². The fourth-order valence-electron chi connectivity index (χ4n) is 1.15. The van der Waals surface area contributed by atoms with Gasteiger partial charge in [-0.15, -0.1) is 0 Å². The zero-order valence-electron chi connectivity index (χ0n) is 9.51.